The third kappa shape index (κ3) is 2.36. The summed E-state index contributed by atoms with van der Waals surface area (Å²) in [6, 6.07) is 16.7. The van der Waals surface area contributed by atoms with Crippen LogP contribution in [0.2, 0.25) is 0 Å². The molecule has 0 aliphatic carbocycles. The first-order valence-electron chi connectivity index (χ1n) is 6.04. The van der Waals surface area contributed by atoms with Gasteiger partial charge in [-0.25, -0.2) is 0 Å². The van der Waals surface area contributed by atoms with Crippen molar-refractivity contribution < 1.29 is 4.74 Å². The van der Waals surface area contributed by atoms with E-state index in [1.165, 1.54) is 11.3 Å². The lowest BCUT2D eigenvalue weighted by molar-refractivity contribution is 0.307. The number of rotatable bonds is 2. The number of fused-ring (bicyclic) bond motifs is 1. The fourth-order valence-corrected chi connectivity index (χ4v) is 2.56. The standard InChI is InChI=1S/C15H14BrNO/c16-13-6-7-15-14(10-13)17(8-9-18-15)11-12-4-2-1-3-5-12/h1-7,10H,8-9,11H2. The number of nitrogens with zero attached hydrogens (tertiary/aromatic N) is 1. The van der Waals surface area contributed by atoms with Crippen molar-refractivity contribution in [1.82, 2.24) is 0 Å². The largest absolute Gasteiger partial charge is 0.490 e. The van der Waals surface area contributed by atoms with Gasteiger partial charge in [0.15, 0.2) is 0 Å². The smallest absolute Gasteiger partial charge is 0.142 e. The lowest BCUT2D eigenvalue weighted by atomic mass is 10.1. The molecular weight excluding hydrogens is 290 g/mol. The van der Waals surface area contributed by atoms with Crippen molar-refractivity contribution in [1.29, 1.82) is 0 Å². The molecule has 0 aromatic heterocycles. The second kappa shape index (κ2) is 5.02. The number of hydrogen-bond acceptors (Lipinski definition) is 2. The van der Waals surface area contributed by atoms with Crippen LogP contribution < -0.4 is 9.64 Å². The van der Waals surface area contributed by atoms with Crippen LogP contribution in [0.5, 0.6) is 5.75 Å². The highest BCUT2D eigenvalue weighted by molar-refractivity contribution is 9.10. The van der Waals surface area contributed by atoms with Crippen molar-refractivity contribution in [3.63, 3.8) is 0 Å². The van der Waals surface area contributed by atoms with Crippen molar-refractivity contribution in [2.75, 3.05) is 18.1 Å². The van der Waals surface area contributed by atoms with Gasteiger partial charge in [-0.3, -0.25) is 0 Å². The molecule has 0 radical (unpaired) electrons. The quantitative estimate of drug-likeness (QED) is 0.835. The predicted octanol–water partition coefficient (Wildman–Crippen LogP) is 3.85. The molecule has 1 aliphatic heterocycles. The first-order chi connectivity index (χ1) is 8.83. The summed E-state index contributed by atoms with van der Waals surface area (Å²) in [6.45, 7) is 2.60. The Labute approximate surface area is 115 Å². The summed E-state index contributed by atoms with van der Waals surface area (Å²) in [5.41, 5.74) is 2.49. The highest BCUT2D eigenvalue weighted by Gasteiger charge is 2.18. The number of ether oxygens (including phenoxy) is 1. The Bertz CT molecular complexity index is 541. The van der Waals surface area contributed by atoms with Crippen LogP contribution >= 0.6 is 15.9 Å². The Kier molecular flexibility index (Phi) is 3.24. The van der Waals surface area contributed by atoms with E-state index in [2.05, 4.69) is 51.2 Å². The van der Waals surface area contributed by atoms with Crippen LogP contribution in [0.1, 0.15) is 5.56 Å². The van der Waals surface area contributed by atoms with E-state index in [4.69, 9.17) is 4.74 Å². The molecule has 0 atom stereocenters. The Morgan fingerprint density at radius 3 is 2.78 bits per heavy atom. The van der Waals surface area contributed by atoms with Gasteiger partial charge in [0.05, 0.1) is 12.2 Å². The third-order valence-corrected chi connectivity index (χ3v) is 3.59. The number of halogens is 1. The maximum absolute atomic E-state index is 5.68. The topological polar surface area (TPSA) is 12.5 Å². The molecule has 0 spiro atoms. The highest BCUT2D eigenvalue weighted by Crippen LogP contribution is 2.34. The maximum Gasteiger partial charge on any atom is 0.142 e. The average molecular weight is 304 g/mol. The van der Waals surface area contributed by atoms with Gasteiger partial charge >= 0.3 is 0 Å². The van der Waals surface area contributed by atoms with Gasteiger partial charge in [-0.2, -0.15) is 0 Å². The second-order valence-corrected chi connectivity index (χ2v) is 5.28. The highest BCUT2D eigenvalue weighted by atomic mass is 79.9. The van der Waals surface area contributed by atoms with Crippen molar-refractivity contribution in [2.24, 2.45) is 0 Å². The zero-order valence-electron chi connectivity index (χ0n) is 9.97. The summed E-state index contributed by atoms with van der Waals surface area (Å²) in [7, 11) is 0. The average Bonchev–Trinajstić information content (AvgIpc) is 2.41. The molecule has 0 N–H and O–H groups in total. The monoisotopic (exact) mass is 303 g/mol. The van der Waals surface area contributed by atoms with E-state index < -0.39 is 0 Å². The van der Waals surface area contributed by atoms with E-state index in [-0.39, 0.29) is 0 Å². The lowest BCUT2D eigenvalue weighted by Crippen LogP contribution is -2.32. The molecule has 0 unspecified atom stereocenters. The first-order valence-corrected chi connectivity index (χ1v) is 6.83. The van der Waals surface area contributed by atoms with Crippen LogP contribution in [0.25, 0.3) is 0 Å². The molecular formula is C15H14BrNO. The minimum Gasteiger partial charge on any atom is -0.490 e. The molecule has 92 valence electrons. The first kappa shape index (κ1) is 11.6. The summed E-state index contributed by atoms with van der Waals surface area (Å²) in [6.07, 6.45) is 0. The molecule has 3 heteroatoms. The zero-order chi connectivity index (χ0) is 12.4. The number of anilines is 1. The van der Waals surface area contributed by atoms with Crippen molar-refractivity contribution in [3.8, 4) is 5.75 Å². The van der Waals surface area contributed by atoms with Gasteiger partial charge in [0.25, 0.3) is 0 Å². The van der Waals surface area contributed by atoms with Gasteiger partial charge in [-0.05, 0) is 23.8 Å². The van der Waals surface area contributed by atoms with E-state index >= 15 is 0 Å². The SMILES string of the molecule is Brc1ccc2c(c1)N(Cc1ccccc1)CCO2. The molecule has 2 nitrogen and oxygen atoms in total. The van der Waals surface area contributed by atoms with Crippen LogP contribution in [-0.2, 0) is 6.54 Å². The van der Waals surface area contributed by atoms with Crippen molar-refractivity contribution in [3.05, 3.63) is 58.6 Å². The molecule has 2 aromatic rings. The van der Waals surface area contributed by atoms with Gasteiger partial charge in [-0.15, -0.1) is 0 Å². The third-order valence-electron chi connectivity index (χ3n) is 3.10. The van der Waals surface area contributed by atoms with Gasteiger partial charge in [0.1, 0.15) is 12.4 Å². The minimum absolute atomic E-state index is 0.751. The molecule has 0 saturated carbocycles. The van der Waals surface area contributed by atoms with Crippen molar-refractivity contribution in [2.45, 2.75) is 6.54 Å². The Hall–Kier alpha value is -1.48. The minimum atomic E-state index is 0.751. The van der Waals surface area contributed by atoms with E-state index in [1.54, 1.807) is 0 Å². The van der Waals surface area contributed by atoms with Crippen LogP contribution in [-0.4, -0.2) is 13.2 Å². The van der Waals surface area contributed by atoms with Gasteiger partial charge in [-0.1, -0.05) is 46.3 Å². The van der Waals surface area contributed by atoms with Crippen LogP contribution in [0.4, 0.5) is 5.69 Å². The molecule has 2 aromatic carbocycles. The molecule has 0 amide bonds. The Morgan fingerprint density at radius 2 is 1.94 bits per heavy atom. The maximum atomic E-state index is 5.68. The fraction of sp³-hybridized carbons (Fsp3) is 0.200. The van der Waals surface area contributed by atoms with E-state index in [9.17, 15) is 0 Å². The van der Waals surface area contributed by atoms with Crippen LogP contribution in [0, 0.1) is 0 Å². The van der Waals surface area contributed by atoms with Crippen molar-refractivity contribution >= 4 is 21.6 Å². The van der Waals surface area contributed by atoms with Crippen LogP contribution in [0.15, 0.2) is 53.0 Å². The molecule has 0 bridgehead atoms. The summed E-state index contributed by atoms with van der Waals surface area (Å²) in [5, 5.41) is 0. The summed E-state index contributed by atoms with van der Waals surface area (Å²) in [5.74, 6) is 0.973. The normalized spacial score (nSPS) is 13.9. The Morgan fingerprint density at radius 1 is 1.11 bits per heavy atom. The summed E-state index contributed by atoms with van der Waals surface area (Å²) < 4.78 is 6.77. The predicted molar refractivity (Wildman–Crippen MR) is 77.1 cm³/mol. The zero-order valence-corrected chi connectivity index (χ0v) is 11.6. The van der Waals surface area contributed by atoms with E-state index in [0.29, 0.717) is 0 Å². The van der Waals surface area contributed by atoms with E-state index in [0.717, 1.165) is 29.9 Å². The number of hydrogen-bond donors (Lipinski definition) is 0. The fourth-order valence-electron chi connectivity index (χ4n) is 2.21. The second-order valence-electron chi connectivity index (χ2n) is 4.37. The van der Waals surface area contributed by atoms with E-state index in [1.807, 2.05) is 18.2 Å². The Balaban J connectivity index is 1.89. The molecule has 1 aliphatic rings. The van der Waals surface area contributed by atoms with Gasteiger partial charge in [0.2, 0.25) is 0 Å². The molecule has 3 rings (SSSR count). The molecule has 18 heavy (non-hydrogen) atoms. The molecule has 0 saturated heterocycles. The van der Waals surface area contributed by atoms with Gasteiger partial charge < -0.3 is 9.64 Å². The molecule has 1 heterocycles. The summed E-state index contributed by atoms with van der Waals surface area (Å²) >= 11 is 3.52. The lowest BCUT2D eigenvalue weighted by Gasteiger charge is -2.31. The van der Waals surface area contributed by atoms with Gasteiger partial charge in [0, 0.05) is 11.0 Å². The molecule has 0 fully saturated rings. The van der Waals surface area contributed by atoms with Crippen LogP contribution in [0.3, 0.4) is 0 Å². The summed E-state index contributed by atoms with van der Waals surface area (Å²) in [4.78, 5) is 2.36. The number of benzene rings is 2.